The molecule has 0 heterocycles. The summed E-state index contributed by atoms with van der Waals surface area (Å²) in [6.07, 6.45) is 2.53. The van der Waals surface area contributed by atoms with Crippen molar-refractivity contribution in [3.63, 3.8) is 0 Å². The second-order valence-electron chi connectivity index (χ2n) is 3.80. The van der Waals surface area contributed by atoms with Crippen molar-refractivity contribution in [2.45, 2.75) is 25.8 Å². The lowest BCUT2D eigenvalue weighted by molar-refractivity contribution is -0.0500. The van der Waals surface area contributed by atoms with Crippen molar-refractivity contribution in [2.24, 2.45) is 0 Å². The molecule has 0 radical (unpaired) electrons. The molecule has 0 atom stereocenters. The van der Waals surface area contributed by atoms with Crippen molar-refractivity contribution in [1.29, 1.82) is 0 Å². The molecule has 0 N–H and O–H groups in total. The van der Waals surface area contributed by atoms with Gasteiger partial charge in [0, 0.05) is 0 Å². The molecule has 8 heteroatoms. The summed E-state index contributed by atoms with van der Waals surface area (Å²) < 4.78 is 62.4. The highest BCUT2D eigenvalue weighted by Crippen LogP contribution is 2.33. The summed E-state index contributed by atoms with van der Waals surface area (Å²) in [5.41, 5.74) is -3.87. The third-order valence-corrected chi connectivity index (χ3v) is 3.78. The largest absolute Gasteiger partial charge is 0.534 e. The van der Waals surface area contributed by atoms with Gasteiger partial charge < -0.3 is 4.18 Å². The highest BCUT2D eigenvalue weighted by molar-refractivity contribution is 7.88. The molecule has 112 valence electrons. The van der Waals surface area contributed by atoms with Crippen LogP contribution in [-0.2, 0) is 10.1 Å². The minimum Gasteiger partial charge on any atom is -0.374 e. The van der Waals surface area contributed by atoms with Gasteiger partial charge in [0.25, 0.3) is 0 Å². The Morgan fingerprint density at radius 2 is 2.00 bits per heavy atom. The van der Waals surface area contributed by atoms with Gasteiger partial charge in [0.1, 0.15) is 0 Å². The Labute approximate surface area is 120 Å². The molecule has 0 amide bonds. The van der Waals surface area contributed by atoms with Crippen LogP contribution in [0.2, 0.25) is 5.02 Å². The third kappa shape index (κ3) is 3.67. The molecular weight excluding hydrogens is 317 g/mol. The fourth-order valence-corrected chi connectivity index (χ4v) is 2.25. The molecule has 0 aliphatic carbocycles. The Bertz CT molecular complexity index is 621. The van der Waals surface area contributed by atoms with E-state index in [1.54, 1.807) is 0 Å². The molecule has 0 spiro atoms. The Hall–Kier alpha value is -1.21. The molecule has 0 saturated carbocycles. The first-order valence-corrected chi connectivity index (χ1v) is 7.37. The van der Waals surface area contributed by atoms with Gasteiger partial charge in [-0.05, 0) is 36.6 Å². The Balaban J connectivity index is 3.13. The number of hydrogen-bond acceptors (Lipinski definition) is 3. The fraction of sp³-hybridized carbons (Fsp3) is 0.333. The van der Waals surface area contributed by atoms with E-state index < -0.39 is 21.4 Å². The quantitative estimate of drug-likeness (QED) is 0.608. The lowest BCUT2D eigenvalue weighted by Gasteiger charge is -2.12. The maximum atomic E-state index is 12.2. The molecule has 0 aromatic heterocycles. The zero-order chi connectivity index (χ0) is 15.6. The van der Waals surface area contributed by atoms with Crippen LogP contribution < -0.4 is 4.18 Å². The van der Waals surface area contributed by atoms with Crippen molar-refractivity contribution in [1.82, 2.24) is 0 Å². The highest BCUT2D eigenvalue weighted by atomic mass is 35.5. The van der Waals surface area contributed by atoms with E-state index in [2.05, 4.69) is 4.18 Å². The van der Waals surface area contributed by atoms with Gasteiger partial charge in [0.15, 0.2) is 5.75 Å². The Morgan fingerprint density at radius 3 is 2.40 bits per heavy atom. The number of benzene rings is 1. The number of halogens is 4. The maximum Gasteiger partial charge on any atom is 0.534 e. The lowest BCUT2D eigenvalue weighted by atomic mass is 10.0. The van der Waals surface area contributed by atoms with E-state index in [0.29, 0.717) is 12.0 Å². The standard InChI is InChI=1S/C12H12ClF3O3S/c1-3-8(4-2)9-5-6-11(10(13)7-9)19-20(17,18)12(14,15)16/h3,5-7H,4H2,1-2H3. The summed E-state index contributed by atoms with van der Waals surface area (Å²) >= 11 is 5.76. The van der Waals surface area contributed by atoms with Crippen LogP contribution in [0.3, 0.4) is 0 Å². The van der Waals surface area contributed by atoms with Crippen molar-refractivity contribution in [3.05, 3.63) is 34.9 Å². The van der Waals surface area contributed by atoms with Crippen molar-refractivity contribution in [2.75, 3.05) is 0 Å². The van der Waals surface area contributed by atoms with Crippen LogP contribution in [0.15, 0.2) is 24.3 Å². The average Bonchev–Trinajstić information content (AvgIpc) is 2.32. The summed E-state index contributed by atoms with van der Waals surface area (Å²) in [7, 11) is -5.72. The van der Waals surface area contributed by atoms with Gasteiger partial charge in [0.05, 0.1) is 5.02 Å². The molecule has 3 nitrogen and oxygen atoms in total. The first-order valence-electron chi connectivity index (χ1n) is 5.58. The lowest BCUT2D eigenvalue weighted by Crippen LogP contribution is -2.28. The van der Waals surface area contributed by atoms with E-state index in [-0.39, 0.29) is 5.02 Å². The SMILES string of the molecule is CC=C(CC)c1ccc(OS(=O)(=O)C(F)(F)F)c(Cl)c1. The van der Waals surface area contributed by atoms with Gasteiger partial charge >= 0.3 is 15.6 Å². The van der Waals surface area contributed by atoms with Gasteiger partial charge in [-0.1, -0.05) is 30.7 Å². The number of allylic oxidation sites excluding steroid dienone is 2. The second kappa shape index (κ2) is 6.05. The molecular formula is C12H12ClF3O3S. The first-order chi connectivity index (χ1) is 9.12. The molecule has 1 rings (SSSR count). The summed E-state index contributed by atoms with van der Waals surface area (Å²) in [6.45, 7) is 3.72. The average molecular weight is 329 g/mol. The number of alkyl halides is 3. The van der Waals surface area contributed by atoms with E-state index >= 15 is 0 Å². The summed E-state index contributed by atoms with van der Waals surface area (Å²) in [5, 5.41) is -0.205. The molecule has 0 bridgehead atoms. The minimum absolute atomic E-state index is 0.205. The molecule has 0 saturated heterocycles. The van der Waals surface area contributed by atoms with Gasteiger partial charge in [-0.15, -0.1) is 0 Å². The zero-order valence-electron chi connectivity index (χ0n) is 10.7. The molecule has 0 aliphatic heterocycles. The van der Waals surface area contributed by atoms with Crippen molar-refractivity contribution < 1.29 is 25.8 Å². The topological polar surface area (TPSA) is 43.4 Å². The second-order valence-corrected chi connectivity index (χ2v) is 5.74. The summed E-state index contributed by atoms with van der Waals surface area (Å²) in [5.74, 6) is -0.556. The Kier molecular flexibility index (Phi) is 5.10. The Morgan fingerprint density at radius 1 is 1.40 bits per heavy atom. The molecule has 1 aromatic carbocycles. The minimum atomic E-state index is -5.72. The van der Waals surface area contributed by atoms with Crippen LogP contribution in [0, 0.1) is 0 Å². The predicted octanol–water partition coefficient (Wildman–Crippen LogP) is 4.38. The molecule has 20 heavy (non-hydrogen) atoms. The highest BCUT2D eigenvalue weighted by Gasteiger charge is 2.48. The molecule has 1 aromatic rings. The monoisotopic (exact) mass is 328 g/mol. The third-order valence-electron chi connectivity index (χ3n) is 2.51. The summed E-state index contributed by atoms with van der Waals surface area (Å²) in [4.78, 5) is 0. The summed E-state index contributed by atoms with van der Waals surface area (Å²) in [6, 6.07) is 3.91. The fourth-order valence-electron chi connectivity index (χ4n) is 1.51. The van der Waals surface area contributed by atoms with Gasteiger partial charge in [0.2, 0.25) is 0 Å². The van der Waals surface area contributed by atoms with Crippen molar-refractivity contribution >= 4 is 27.3 Å². The van der Waals surface area contributed by atoms with Crippen LogP contribution >= 0.6 is 11.6 Å². The molecule has 0 unspecified atom stereocenters. The first kappa shape index (κ1) is 16.8. The number of rotatable bonds is 4. The van der Waals surface area contributed by atoms with Gasteiger partial charge in [-0.3, -0.25) is 0 Å². The van der Waals surface area contributed by atoms with Crippen LogP contribution in [-0.4, -0.2) is 13.9 Å². The normalized spacial score (nSPS) is 13.4. The van der Waals surface area contributed by atoms with E-state index in [0.717, 1.165) is 11.6 Å². The van der Waals surface area contributed by atoms with Gasteiger partial charge in [-0.2, -0.15) is 21.6 Å². The van der Waals surface area contributed by atoms with Crippen LogP contribution in [0.25, 0.3) is 5.57 Å². The number of hydrogen-bond donors (Lipinski definition) is 0. The van der Waals surface area contributed by atoms with E-state index in [1.807, 2.05) is 19.9 Å². The predicted molar refractivity (Wildman–Crippen MR) is 71.0 cm³/mol. The van der Waals surface area contributed by atoms with E-state index in [4.69, 9.17) is 11.6 Å². The van der Waals surface area contributed by atoms with E-state index in [9.17, 15) is 21.6 Å². The van der Waals surface area contributed by atoms with E-state index in [1.165, 1.54) is 12.1 Å². The smallest absolute Gasteiger partial charge is 0.374 e. The molecule has 0 fully saturated rings. The van der Waals surface area contributed by atoms with Crippen LogP contribution in [0.1, 0.15) is 25.8 Å². The van der Waals surface area contributed by atoms with Crippen LogP contribution in [0.5, 0.6) is 5.75 Å². The molecule has 0 aliphatic rings. The van der Waals surface area contributed by atoms with Gasteiger partial charge in [-0.25, -0.2) is 0 Å². The maximum absolute atomic E-state index is 12.2. The zero-order valence-corrected chi connectivity index (χ0v) is 12.2. The van der Waals surface area contributed by atoms with Crippen molar-refractivity contribution in [3.8, 4) is 5.75 Å². The van der Waals surface area contributed by atoms with Crippen LogP contribution in [0.4, 0.5) is 13.2 Å².